The predicted octanol–water partition coefficient (Wildman–Crippen LogP) is 3.67. The van der Waals surface area contributed by atoms with Gasteiger partial charge >= 0.3 is 0 Å². The Morgan fingerprint density at radius 1 is 1.20 bits per heavy atom. The van der Waals surface area contributed by atoms with E-state index < -0.39 is 0 Å². The zero-order chi connectivity index (χ0) is 11.1. The van der Waals surface area contributed by atoms with Crippen LogP contribution >= 0.6 is 0 Å². The average Bonchev–Trinajstić information content (AvgIpc) is 2.25. The Bertz CT molecular complexity index is 268. The quantitative estimate of drug-likeness (QED) is 0.705. The standard InChI is InChI=1S/C13H20FN/c1-3-4-5-10-15-11(2)12-6-8-13(14)9-7-12/h6-9,11,15H,3-5,10H2,1-2H3/t11-/m1/s1. The van der Waals surface area contributed by atoms with Crippen molar-refractivity contribution in [2.24, 2.45) is 0 Å². The summed E-state index contributed by atoms with van der Waals surface area (Å²) in [6, 6.07) is 7.01. The van der Waals surface area contributed by atoms with E-state index in [1.54, 1.807) is 0 Å². The normalized spacial score (nSPS) is 12.7. The van der Waals surface area contributed by atoms with Crippen molar-refractivity contribution in [3.05, 3.63) is 35.6 Å². The summed E-state index contributed by atoms with van der Waals surface area (Å²) in [4.78, 5) is 0. The molecule has 1 aromatic carbocycles. The molecule has 0 bridgehead atoms. The molecule has 0 spiro atoms. The van der Waals surface area contributed by atoms with Crippen LogP contribution in [0.25, 0.3) is 0 Å². The van der Waals surface area contributed by atoms with Crippen LogP contribution in [-0.4, -0.2) is 6.54 Å². The number of nitrogens with one attached hydrogen (secondary N) is 1. The van der Waals surface area contributed by atoms with E-state index in [9.17, 15) is 4.39 Å². The van der Waals surface area contributed by atoms with Crippen molar-refractivity contribution in [3.8, 4) is 0 Å². The van der Waals surface area contributed by atoms with Gasteiger partial charge in [0.2, 0.25) is 0 Å². The first-order valence-corrected chi connectivity index (χ1v) is 5.73. The number of hydrogen-bond donors (Lipinski definition) is 1. The molecule has 1 aromatic rings. The van der Waals surface area contributed by atoms with Gasteiger partial charge in [-0.15, -0.1) is 0 Å². The number of halogens is 1. The van der Waals surface area contributed by atoms with Gasteiger partial charge in [0.15, 0.2) is 0 Å². The third-order valence-corrected chi connectivity index (χ3v) is 2.60. The molecule has 0 heterocycles. The summed E-state index contributed by atoms with van der Waals surface area (Å²) in [5, 5.41) is 3.43. The van der Waals surface area contributed by atoms with Gasteiger partial charge in [0, 0.05) is 6.04 Å². The van der Waals surface area contributed by atoms with E-state index in [-0.39, 0.29) is 5.82 Å². The third-order valence-electron chi connectivity index (χ3n) is 2.60. The molecule has 0 saturated carbocycles. The Morgan fingerprint density at radius 3 is 2.47 bits per heavy atom. The van der Waals surface area contributed by atoms with Gasteiger partial charge in [0.25, 0.3) is 0 Å². The highest BCUT2D eigenvalue weighted by Crippen LogP contribution is 2.12. The molecule has 0 aromatic heterocycles. The zero-order valence-corrected chi connectivity index (χ0v) is 9.59. The summed E-state index contributed by atoms with van der Waals surface area (Å²) in [7, 11) is 0. The highest BCUT2D eigenvalue weighted by molar-refractivity contribution is 5.19. The summed E-state index contributed by atoms with van der Waals surface area (Å²) >= 11 is 0. The van der Waals surface area contributed by atoms with Crippen LogP contribution in [-0.2, 0) is 0 Å². The van der Waals surface area contributed by atoms with Crippen LogP contribution in [0.1, 0.15) is 44.7 Å². The fourth-order valence-corrected chi connectivity index (χ4v) is 1.56. The lowest BCUT2D eigenvalue weighted by molar-refractivity contribution is 0.542. The summed E-state index contributed by atoms with van der Waals surface area (Å²) in [5.41, 5.74) is 1.15. The monoisotopic (exact) mass is 209 g/mol. The molecule has 0 saturated heterocycles. The Balaban J connectivity index is 2.33. The minimum Gasteiger partial charge on any atom is -0.310 e. The third kappa shape index (κ3) is 4.43. The first kappa shape index (κ1) is 12.2. The minimum atomic E-state index is -0.170. The Morgan fingerprint density at radius 2 is 1.87 bits per heavy atom. The maximum absolute atomic E-state index is 12.7. The van der Waals surface area contributed by atoms with Gasteiger partial charge in [-0.05, 0) is 37.6 Å². The van der Waals surface area contributed by atoms with Crippen LogP contribution in [0.15, 0.2) is 24.3 Å². The molecule has 0 fully saturated rings. The van der Waals surface area contributed by atoms with Crippen molar-refractivity contribution in [1.29, 1.82) is 0 Å². The molecule has 84 valence electrons. The van der Waals surface area contributed by atoms with Gasteiger partial charge in [0.05, 0.1) is 0 Å². The van der Waals surface area contributed by atoms with Crippen LogP contribution in [0.2, 0.25) is 0 Å². The number of unbranched alkanes of at least 4 members (excludes halogenated alkanes) is 2. The Kier molecular flexibility index (Phi) is 5.33. The molecule has 0 amide bonds. The van der Waals surface area contributed by atoms with Crippen LogP contribution < -0.4 is 5.32 Å². The van der Waals surface area contributed by atoms with Crippen molar-refractivity contribution >= 4 is 0 Å². The SMILES string of the molecule is CCCCCN[C@H](C)c1ccc(F)cc1. The number of hydrogen-bond acceptors (Lipinski definition) is 1. The van der Waals surface area contributed by atoms with Crippen LogP contribution in [0.3, 0.4) is 0 Å². The molecule has 0 aliphatic rings. The highest BCUT2D eigenvalue weighted by Gasteiger charge is 2.03. The molecule has 1 N–H and O–H groups in total. The predicted molar refractivity (Wildman–Crippen MR) is 62.3 cm³/mol. The number of rotatable bonds is 6. The van der Waals surface area contributed by atoms with Crippen molar-refractivity contribution in [2.45, 2.75) is 39.2 Å². The summed E-state index contributed by atoms with van der Waals surface area (Å²) in [6.45, 7) is 5.34. The van der Waals surface area contributed by atoms with Gasteiger partial charge in [-0.1, -0.05) is 31.9 Å². The van der Waals surface area contributed by atoms with E-state index in [1.807, 2.05) is 12.1 Å². The average molecular weight is 209 g/mol. The van der Waals surface area contributed by atoms with Gasteiger partial charge in [0.1, 0.15) is 5.82 Å². The molecular weight excluding hydrogens is 189 g/mol. The molecule has 0 aliphatic heterocycles. The second kappa shape index (κ2) is 6.57. The van der Waals surface area contributed by atoms with Crippen molar-refractivity contribution in [3.63, 3.8) is 0 Å². The first-order chi connectivity index (χ1) is 7.24. The van der Waals surface area contributed by atoms with Gasteiger partial charge in [-0.3, -0.25) is 0 Å². The molecule has 0 radical (unpaired) electrons. The van der Waals surface area contributed by atoms with E-state index in [0.717, 1.165) is 12.1 Å². The first-order valence-electron chi connectivity index (χ1n) is 5.73. The summed E-state index contributed by atoms with van der Waals surface area (Å²) in [6.07, 6.45) is 3.72. The summed E-state index contributed by atoms with van der Waals surface area (Å²) in [5.74, 6) is -0.170. The topological polar surface area (TPSA) is 12.0 Å². The smallest absolute Gasteiger partial charge is 0.123 e. The van der Waals surface area contributed by atoms with Crippen LogP contribution in [0, 0.1) is 5.82 Å². The highest BCUT2D eigenvalue weighted by atomic mass is 19.1. The van der Waals surface area contributed by atoms with Gasteiger partial charge < -0.3 is 5.32 Å². The zero-order valence-electron chi connectivity index (χ0n) is 9.59. The lowest BCUT2D eigenvalue weighted by Crippen LogP contribution is -2.19. The fraction of sp³-hybridized carbons (Fsp3) is 0.538. The van der Waals surface area contributed by atoms with Gasteiger partial charge in [-0.25, -0.2) is 4.39 Å². The molecule has 1 nitrogen and oxygen atoms in total. The maximum Gasteiger partial charge on any atom is 0.123 e. The van der Waals surface area contributed by atoms with E-state index in [1.165, 1.54) is 31.4 Å². The van der Waals surface area contributed by atoms with E-state index in [0.29, 0.717) is 6.04 Å². The molecule has 1 rings (SSSR count). The Hall–Kier alpha value is -0.890. The molecule has 0 unspecified atom stereocenters. The molecule has 2 heteroatoms. The molecule has 1 atom stereocenters. The summed E-state index contributed by atoms with van der Waals surface area (Å²) < 4.78 is 12.7. The second-order valence-corrected chi connectivity index (χ2v) is 3.93. The minimum absolute atomic E-state index is 0.170. The van der Waals surface area contributed by atoms with E-state index in [2.05, 4.69) is 19.2 Å². The Labute approximate surface area is 91.7 Å². The lowest BCUT2D eigenvalue weighted by Gasteiger charge is -2.13. The van der Waals surface area contributed by atoms with Crippen molar-refractivity contribution in [1.82, 2.24) is 5.32 Å². The van der Waals surface area contributed by atoms with Crippen molar-refractivity contribution < 1.29 is 4.39 Å². The van der Waals surface area contributed by atoms with Gasteiger partial charge in [-0.2, -0.15) is 0 Å². The fourth-order valence-electron chi connectivity index (χ4n) is 1.56. The maximum atomic E-state index is 12.7. The number of benzene rings is 1. The van der Waals surface area contributed by atoms with Crippen LogP contribution in [0.4, 0.5) is 4.39 Å². The van der Waals surface area contributed by atoms with E-state index in [4.69, 9.17) is 0 Å². The largest absolute Gasteiger partial charge is 0.310 e. The van der Waals surface area contributed by atoms with Crippen LogP contribution in [0.5, 0.6) is 0 Å². The molecule has 0 aliphatic carbocycles. The second-order valence-electron chi connectivity index (χ2n) is 3.93. The van der Waals surface area contributed by atoms with E-state index >= 15 is 0 Å². The van der Waals surface area contributed by atoms with Crippen molar-refractivity contribution in [2.75, 3.05) is 6.54 Å². The molecule has 15 heavy (non-hydrogen) atoms. The molecular formula is C13H20FN. The lowest BCUT2D eigenvalue weighted by atomic mass is 10.1.